The van der Waals surface area contributed by atoms with Gasteiger partial charge in [-0.15, -0.1) is 0 Å². The summed E-state index contributed by atoms with van der Waals surface area (Å²) in [4.78, 5) is 11.1. The number of carboxylic acids is 1. The molecule has 0 aliphatic heterocycles. The third-order valence-electron chi connectivity index (χ3n) is 7.84. The Labute approximate surface area is 166 Å². The predicted molar refractivity (Wildman–Crippen MR) is 110 cm³/mol. The van der Waals surface area contributed by atoms with Crippen LogP contribution in [0, 0.1) is 40.4 Å². The molecule has 0 heterocycles. The summed E-state index contributed by atoms with van der Waals surface area (Å²) in [5.74, 6) is 1.78. The van der Waals surface area contributed by atoms with Crippen LogP contribution in [0.3, 0.4) is 0 Å². The highest BCUT2D eigenvalue weighted by Gasteiger charge is 2.42. The van der Waals surface area contributed by atoms with Crippen molar-refractivity contribution in [3.8, 4) is 6.07 Å². The van der Waals surface area contributed by atoms with E-state index in [-0.39, 0.29) is 12.3 Å². The molecule has 2 saturated carbocycles. The van der Waals surface area contributed by atoms with Gasteiger partial charge in [0, 0.05) is 6.42 Å². The minimum absolute atomic E-state index is 0.0376. The maximum atomic E-state index is 11.1. The number of hydrogen-bond acceptors (Lipinski definition) is 2. The molecule has 0 aromatic heterocycles. The van der Waals surface area contributed by atoms with Crippen LogP contribution in [-0.4, -0.2) is 11.1 Å². The van der Waals surface area contributed by atoms with Gasteiger partial charge in [0.1, 0.15) is 0 Å². The smallest absolute Gasteiger partial charge is 0.303 e. The van der Waals surface area contributed by atoms with Gasteiger partial charge in [-0.05, 0) is 62.2 Å². The van der Waals surface area contributed by atoms with Crippen LogP contribution in [-0.2, 0) is 4.79 Å². The van der Waals surface area contributed by atoms with Crippen molar-refractivity contribution < 1.29 is 9.90 Å². The molecule has 1 N–H and O–H groups in total. The Morgan fingerprint density at radius 3 is 2.19 bits per heavy atom. The summed E-state index contributed by atoms with van der Waals surface area (Å²) >= 11 is 0. The first kappa shape index (κ1) is 22.3. The number of rotatable bonds is 10. The maximum Gasteiger partial charge on any atom is 0.303 e. The lowest BCUT2D eigenvalue weighted by Gasteiger charge is -2.43. The van der Waals surface area contributed by atoms with Crippen molar-refractivity contribution in [1.82, 2.24) is 0 Å². The lowest BCUT2D eigenvalue weighted by Crippen LogP contribution is -2.36. The number of carbonyl (C=O) groups is 1. The van der Waals surface area contributed by atoms with Crippen LogP contribution in [0.2, 0.25) is 0 Å². The lowest BCUT2D eigenvalue weighted by molar-refractivity contribution is -0.139. The van der Waals surface area contributed by atoms with Gasteiger partial charge in [-0.2, -0.15) is 5.26 Å². The normalized spacial score (nSPS) is 32.6. The summed E-state index contributed by atoms with van der Waals surface area (Å²) in [6, 6.07) is 2.53. The SMILES string of the molecule is CCCCCCCC1CCC(C2CCC(C#N)([C@H](C)CC(=O)O)CC2)CC1. The second-order valence-corrected chi connectivity index (χ2v) is 9.59. The zero-order valence-corrected chi connectivity index (χ0v) is 17.7. The average Bonchev–Trinajstić information content (AvgIpc) is 2.68. The summed E-state index contributed by atoms with van der Waals surface area (Å²) < 4.78 is 0. The molecule has 0 aromatic carbocycles. The third kappa shape index (κ3) is 6.51. The molecule has 3 nitrogen and oxygen atoms in total. The molecular weight excluding hydrogens is 334 g/mol. The summed E-state index contributed by atoms with van der Waals surface area (Å²) in [7, 11) is 0. The monoisotopic (exact) mass is 375 g/mol. The van der Waals surface area contributed by atoms with Crippen LogP contribution in [0.4, 0.5) is 0 Å². The summed E-state index contributed by atoms with van der Waals surface area (Å²) in [6.07, 6.45) is 18.2. The highest BCUT2D eigenvalue weighted by atomic mass is 16.4. The standard InChI is InChI=1S/C24H41NO2/c1-3-4-5-6-7-8-20-9-11-21(12-10-20)22-13-15-24(18-25,16-14-22)19(2)17-23(26)27/h19-22H,3-17H2,1-2H3,(H,26,27)/t19-,20?,21?,22?,24?/m1/s1. The Morgan fingerprint density at radius 1 is 1.04 bits per heavy atom. The molecule has 1 atom stereocenters. The number of nitrogens with zero attached hydrogens (tertiary/aromatic N) is 1. The minimum atomic E-state index is -0.771. The first-order valence-corrected chi connectivity index (χ1v) is 11.6. The molecule has 2 aliphatic rings. The Morgan fingerprint density at radius 2 is 1.63 bits per heavy atom. The predicted octanol–water partition coefficient (Wildman–Crippen LogP) is 6.96. The quantitative estimate of drug-likeness (QED) is 0.420. The van der Waals surface area contributed by atoms with Gasteiger partial charge in [0.25, 0.3) is 0 Å². The van der Waals surface area contributed by atoms with Crippen LogP contribution in [0.15, 0.2) is 0 Å². The Hall–Kier alpha value is -1.04. The maximum absolute atomic E-state index is 11.1. The highest BCUT2D eigenvalue weighted by Crippen LogP contribution is 2.49. The van der Waals surface area contributed by atoms with Crippen molar-refractivity contribution >= 4 is 5.97 Å². The van der Waals surface area contributed by atoms with E-state index in [1.807, 2.05) is 6.92 Å². The van der Waals surface area contributed by atoms with Crippen LogP contribution in [0.25, 0.3) is 0 Å². The minimum Gasteiger partial charge on any atom is -0.481 e. The van der Waals surface area contributed by atoms with Gasteiger partial charge in [0.15, 0.2) is 0 Å². The Bertz CT molecular complexity index is 479. The van der Waals surface area contributed by atoms with Gasteiger partial charge in [-0.1, -0.05) is 65.2 Å². The van der Waals surface area contributed by atoms with E-state index >= 15 is 0 Å². The molecule has 0 saturated heterocycles. The highest BCUT2D eigenvalue weighted by molar-refractivity contribution is 5.67. The van der Waals surface area contributed by atoms with E-state index in [2.05, 4.69) is 13.0 Å². The fourth-order valence-corrected chi connectivity index (χ4v) is 5.78. The van der Waals surface area contributed by atoms with Gasteiger partial charge >= 0.3 is 5.97 Å². The molecule has 0 aromatic rings. The van der Waals surface area contributed by atoms with E-state index in [1.54, 1.807) is 0 Å². The van der Waals surface area contributed by atoms with Gasteiger partial charge < -0.3 is 5.11 Å². The molecule has 2 fully saturated rings. The first-order chi connectivity index (χ1) is 13.0. The van der Waals surface area contributed by atoms with Crippen molar-refractivity contribution in [3.63, 3.8) is 0 Å². The fraction of sp³-hybridized carbons (Fsp3) is 0.917. The lowest BCUT2D eigenvalue weighted by atomic mass is 9.60. The van der Waals surface area contributed by atoms with Crippen molar-refractivity contribution in [2.45, 2.75) is 110 Å². The van der Waals surface area contributed by atoms with Crippen LogP contribution < -0.4 is 0 Å². The fourth-order valence-electron chi connectivity index (χ4n) is 5.78. The number of aliphatic carboxylic acids is 1. The van der Waals surface area contributed by atoms with Crippen molar-refractivity contribution in [1.29, 1.82) is 5.26 Å². The van der Waals surface area contributed by atoms with Crippen molar-refractivity contribution in [2.75, 3.05) is 0 Å². The molecule has 0 amide bonds. The Kier molecular flexibility index (Phi) is 9.13. The van der Waals surface area contributed by atoms with Crippen LogP contribution >= 0.6 is 0 Å². The molecular formula is C24H41NO2. The zero-order valence-electron chi connectivity index (χ0n) is 17.7. The van der Waals surface area contributed by atoms with Gasteiger partial charge in [-0.25, -0.2) is 0 Å². The number of carboxylic acid groups (broad SMARTS) is 1. The Balaban J connectivity index is 1.71. The number of nitriles is 1. The van der Waals surface area contributed by atoms with Gasteiger partial charge in [0.2, 0.25) is 0 Å². The topological polar surface area (TPSA) is 61.1 Å². The average molecular weight is 376 g/mol. The molecule has 154 valence electrons. The molecule has 0 unspecified atom stereocenters. The molecule has 0 radical (unpaired) electrons. The van der Waals surface area contributed by atoms with Gasteiger partial charge in [-0.3, -0.25) is 4.79 Å². The summed E-state index contributed by atoms with van der Waals surface area (Å²) in [6.45, 7) is 4.24. The van der Waals surface area contributed by atoms with E-state index in [0.29, 0.717) is 0 Å². The summed E-state index contributed by atoms with van der Waals surface area (Å²) in [5.41, 5.74) is -0.398. The molecule has 2 rings (SSSR count). The molecule has 0 spiro atoms. The summed E-state index contributed by atoms with van der Waals surface area (Å²) in [5, 5.41) is 18.8. The van der Waals surface area contributed by atoms with E-state index in [0.717, 1.165) is 43.4 Å². The van der Waals surface area contributed by atoms with Crippen LogP contribution in [0.5, 0.6) is 0 Å². The van der Waals surface area contributed by atoms with E-state index in [9.17, 15) is 10.1 Å². The molecule has 0 bridgehead atoms. The molecule has 3 heteroatoms. The second kappa shape index (κ2) is 11.1. The largest absolute Gasteiger partial charge is 0.481 e. The zero-order chi connectivity index (χ0) is 19.7. The third-order valence-corrected chi connectivity index (χ3v) is 7.84. The molecule has 2 aliphatic carbocycles. The second-order valence-electron chi connectivity index (χ2n) is 9.59. The van der Waals surface area contributed by atoms with Gasteiger partial charge in [0.05, 0.1) is 11.5 Å². The van der Waals surface area contributed by atoms with E-state index in [4.69, 9.17) is 5.11 Å². The number of hydrogen-bond donors (Lipinski definition) is 1. The van der Waals surface area contributed by atoms with Crippen molar-refractivity contribution in [2.24, 2.45) is 29.1 Å². The van der Waals surface area contributed by atoms with Crippen molar-refractivity contribution in [3.05, 3.63) is 0 Å². The van der Waals surface area contributed by atoms with E-state index in [1.165, 1.54) is 64.2 Å². The number of unbranched alkanes of at least 4 members (excludes halogenated alkanes) is 4. The van der Waals surface area contributed by atoms with E-state index < -0.39 is 11.4 Å². The molecule has 27 heavy (non-hydrogen) atoms. The first-order valence-electron chi connectivity index (χ1n) is 11.6. The van der Waals surface area contributed by atoms with Crippen LogP contribution in [0.1, 0.15) is 110 Å².